The van der Waals surface area contributed by atoms with Crippen LogP contribution in [0.2, 0.25) is 0 Å². The lowest BCUT2D eigenvalue weighted by atomic mass is 10.1. The molecule has 0 aromatic heterocycles. The second kappa shape index (κ2) is 7.71. The molecule has 2 N–H and O–H groups in total. The molecule has 1 rings (SSSR count). The number of benzene rings is 1. The highest BCUT2D eigenvalue weighted by Crippen LogP contribution is 2.13. The third-order valence-corrected chi connectivity index (χ3v) is 2.86. The number of aryl methyl sites for hydroxylation is 1. The average molecular weight is 251 g/mol. The molecule has 0 aliphatic carbocycles. The molecule has 0 bridgehead atoms. The maximum Gasteiger partial charge on any atom is 0.304 e. The molecule has 0 aliphatic heterocycles. The van der Waals surface area contributed by atoms with Crippen LogP contribution in [0.3, 0.4) is 0 Å². The fourth-order valence-corrected chi connectivity index (χ4v) is 1.70. The highest BCUT2D eigenvalue weighted by Gasteiger charge is 2.03. The van der Waals surface area contributed by atoms with Crippen LogP contribution in [0.5, 0.6) is 5.75 Å². The Morgan fingerprint density at radius 3 is 2.61 bits per heavy atom. The Balaban J connectivity index is 2.24. The van der Waals surface area contributed by atoms with Gasteiger partial charge in [-0.25, -0.2) is 0 Å². The van der Waals surface area contributed by atoms with Crippen LogP contribution in [-0.4, -0.2) is 30.8 Å². The zero-order valence-electron chi connectivity index (χ0n) is 11.0. The van der Waals surface area contributed by atoms with Crippen molar-refractivity contribution in [3.63, 3.8) is 0 Å². The Morgan fingerprint density at radius 1 is 1.39 bits per heavy atom. The number of hydrogen-bond acceptors (Lipinski definition) is 3. The average Bonchev–Trinajstić information content (AvgIpc) is 2.36. The van der Waals surface area contributed by atoms with Crippen LogP contribution in [0.1, 0.15) is 25.3 Å². The molecular weight excluding hydrogens is 230 g/mol. The smallest absolute Gasteiger partial charge is 0.304 e. The third-order valence-electron chi connectivity index (χ3n) is 2.86. The van der Waals surface area contributed by atoms with Gasteiger partial charge in [-0.15, -0.1) is 0 Å². The summed E-state index contributed by atoms with van der Waals surface area (Å²) in [6, 6.07) is 8.35. The zero-order chi connectivity index (χ0) is 13.4. The number of methoxy groups -OCH3 is 1. The molecule has 0 heterocycles. The van der Waals surface area contributed by atoms with E-state index in [1.807, 2.05) is 12.1 Å². The van der Waals surface area contributed by atoms with Gasteiger partial charge in [-0.2, -0.15) is 0 Å². The van der Waals surface area contributed by atoms with E-state index in [9.17, 15) is 4.79 Å². The first-order valence-electron chi connectivity index (χ1n) is 6.20. The number of aliphatic carboxylic acids is 1. The van der Waals surface area contributed by atoms with Crippen molar-refractivity contribution in [2.24, 2.45) is 0 Å². The Hall–Kier alpha value is -1.55. The van der Waals surface area contributed by atoms with Crippen LogP contribution in [0.4, 0.5) is 0 Å². The quantitative estimate of drug-likeness (QED) is 0.742. The predicted octanol–water partition coefficient (Wildman–Crippen LogP) is 2.08. The number of carbonyl (C=O) groups is 1. The minimum Gasteiger partial charge on any atom is -0.497 e. The van der Waals surface area contributed by atoms with Gasteiger partial charge in [-0.3, -0.25) is 4.79 Å². The number of carboxylic acid groups (broad SMARTS) is 1. The van der Waals surface area contributed by atoms with Crippen LogP contribution >= 0.6 is 0 Å². The largest absolute Gasteiger partial charge is 0.497 e. The van der Waals surface area contributed by atoms with Crippen LogP contribution < -0.4 is 10.1 Å². The van der Waals surface area contributed by atoms with Crippen molar-refractivity contribution >= 4 is 5.97 Å². The van der Waals surface area contributed by atoms with Gasteiger partial charge < -0.3 is 15.2 Å². The molecule has 0 saturated carbocycles. The number of ether oxygens (including phenoxy) is 1. The van der Waals surface area contributed by atoms with E-state index in [-0.39, 0.29) is 6.42 Å². The summed E-state index contributed by atoms with van der Waals surface area (Å²) >= 11 is 0. The van der Waals surface area contributed by atoms with E-state index in [1.165, 1.54) is 5.56 Å². The zero-order valence-corrected chi connectivity index (χ0v) is 11.0. The highest BCUT2D eigenvalue weighted by atomic mass is 16.5. The van der Waals surface area contributed by atoms with Crippen molar-refractivity contribution < 1.29 is 14.6 Å². The Kier molecular flexibility index (Phi) is 6.22. The van der Waals surface area contributed by atoms with Crippen LogP contribution in [0.25, 0.3) is 0 Å². The molecule has 0 spiro atoms. The van der Waals surface area contributed by atoms with Crippen molar-refractivity contribution in [2.75, 3.05) is 13.7 Å². The summed E-state index contributed by atoms with van der Waals surface area (Å²) in [4.78, 5) is 10.4. The number of nitrogens with one attached hydrogen (secondary N) is 1. The summed E-state index contributed by atoms with van der Waals surface area (Å²) in [7, 11) is 1.66. The van der Waals surface area contributed by atoms with Gasteiger partial charge in [0.2, 0.25) is 0 Å². The fraction of sp³-hybridized carbons (Fsp3) is 0.500. The van der Waals surface area contributed by atoms with E-state index >= 15 is 0 Å². The second-order valence-corrected chi connectivity index (χ2v) is 4.39. The van der Waals surface area contributed by atoms with Crippen molar-refractivity contribution in [1.82, 2.24) is 5.32 Å². The molecule has 4 nitrogen and oxygen atoms in total. The van der Waals surface area contributed by atoms with Gasteiger partial charge in [0.15, 0.2) is 0 Å². The molecule has 0 amide bonds. The summed E-state index contributed by atoms with van der Waals surface area (Å²) in [6.07, 6.45) is 2.14. The topological polar surface area (TPSA) is 58.6 Å². The fourth-order valence-electron chi connectivity index (χ4n) is 1.70. The molecule has 0 fully saturated rings. The van der Waals surface area contributed by atoms with Crippen LogP contribution in [0.15, 0.2) is 24.3 Å². The SMILES string of the molecule is COc1ccc(CCC(C)NCCC(=O)O)cc1. The van der Waals surface area contributed by atoms with Gasteiger partial charge in [-0.1, -0.05) is 12.1 Å². The first kappa shape index (κ1) is 14.5. The lowest BCUT2D eigenvalue weighted by Gasteiger charge is -2.13. The molecule has 1 aromatic carbocycles. The molecule has 0 aliphatic rings. The van der Waals surface area contributed by atoms with Gasteiger partial charge in [0.05, 0.1) is 13.5 Å². The molecule has 0 radical (unpaired) electrons. The highest BCUT2D eigenvalue weighted by molar-refractivity contribution is 5.66. The van der Waals surface area contributed by atoms with E-state index in [4.69, 9.17) is 9.84 Å². The molecular formula is C14H21NO3. The maximum absolute atomic E-state index is 10.4. The van der Waals surface area contributed by atoms with E-state index in [0.717, 1.165) is 18.6 Å². The lowest BCUT2D eigenvalue weighted by Crippen LogP contribution is -2.28. The lowest BCUT2D eigenvalue weighted by molar-refractivity contribution is -0.136. The molecule has 18 heavy (non-hydrogen) atoms. The Morgan fingerprint density at radius 2 is 2.06 bits per heavy atom. The summed E-state index contributed by atoms with van der Waals surface area (Å²) < 4.78 is 5.10. The molecule has 1 atom stereocenters. The van der Waals surface area contributed by atoms with Gasteiger partial charge in [-0.05, 0) is 37.5 Å². The van der Waals surface area contributed by atoms with Gasteiger partial charge >= 0.3 is 5.97 Å². The molecule has 4 heteroatoms. The Bertz CT molecular complexity index is 362. The predicted molar refractivity (Wildman–Crippen MR) is 71.0 cm³/mol. The number of carboxylic acids is 1. The summed E-state index contributed by atoms with van der Waals surface area (Å²) in [5.41, 5.74) is 1.27. The minimum atomic E-state index is -0.759. The molecule has 1 aromatic rings. The summed E-state index contributed by atoms with van der Waals surface area (Å²) in [5, 5.41) is 11.7. The first-order chi connectivity index (χ1) is 8.61. The van der Waals surface area contributed by atoms with Crippen molar-refractivity contribution in [3.05, 3.63) is 29.8 Å². The van der Waals surface area contributed by atoms with E-state index in [0.29, 0.717) is 12.6 Å². The van der Waals surface area contributed by atoms with E-state index in [1.54, 1.807) is 7.11 Å². The molecule has 0 saturated heterocycles. The molecule has 1 unspecified atom stereocenters. The van der Waals surface area contributed by atoms with Gasteiger partial charge in [0.1, 0.15) is 5.75 Å². The minimum absolute atomic E-state index is 0.173. The second-order valence-electron chi connectivity index (χ2n) is 4.39. The first-order valence-corrected chi connectivity index (χ1v) is 6.20. The van der Waals surface area contributed by atoms with E-state index in [2.05, 4.69) is 24.4 Å². The number of rotatable bonds is 8. The van der Waals surface area contributed by atoms with Gasteiger partial charge in [0, 0.05) is 12.6 Å². The summed E-state index contributed by atoms with van der Waals surface area (Å²) in [5.74, 6) is 0.108. The normalized spacial score (nSPS) is 12.1. The monoisotopic (exact) mass is 251 g/mol. The maximum atomic E-state index is 10.4. The van der Waals surface area contributed by atoms with Crippen molar-refractivity contribution in [3.8, 4) is 5.75 Å². The van der Waals surface area contributed by atoms with Crippen molar-refractivity contribution in [2.45, 2.75) is 32.2 Å². The number of hydrogen-bond donors (Lipinski definition) is 2. The standard InChI is InChI=1S/C14H21NO3/c1-11(15-10-9-14(16)17)3-4-12-5-7-13(18-2)8-6-12/h5-8,11,15H,3-4,9-10H2,1-2H3,(H,16,17). The van der Waals surface area contributed by atoms with Crippen LogP contribution in [-0.2, 0) is 11.2 Å². The van der Waals surface area contributed by atoms with Crippen LogP contribution in [0, 0.1) is 0 Å². The van der Waals surface area contributed by atoms with E-state index < -0.39 is 5.97 Å². The molecule has 100 valence electrons. The van der Waals surface area contributed by atoms with Crippen molar-refractivity contribution in [1.29, 1.82) is 0 Å². The summed E-state index contributed by atoms with van der Waals surface area (Å²) in [6.45, 7) is 2.60. The Labute approximate surface area is 108 Å². The van der Waals surface area contributed by atoms with Gasteiger partial charge in [0.25, 0.3) is 0 Å². The third kappa shape index (κ3) is 5.68.